The van der Waals surface area contributed by atoms with Gasteiger partial charge in [-0.15, -0.1) is 0 Å². The summed E-state index contributed by atoms with van der Waals surface area (Å²) in [6.45, 7) is 1.43. The topological polar surface area (TPSA) is 103 Å². The quantitative estimate of drug-likeness (QED) is 0.625. The predicted molar refractivity (Wildman–Crippen MR) is 85.0 cm³/mol. The van der Waals surface area contributed by atoms with Crippen LogP contribution in [0.15, 0.2) is 24.4 Å². The zero-order valence-corrected chi connectivity index (χ0v) is 13.1. The van der Waals surface area contributed by atoms with Crippen LogP contribution < -0.4 is 5.32 Å². The molecule has 1 amide bonds. The highest BCUT2D eigenvalue weighted by atomic mass is 35.5. The minimum Gasteiger partial charge on any atom is -0.360 e. The van der Waals surface area contributed by atoms with E-state index in [1.807, 2.05) is 0 Å². The summed E-state index contributed by atoms with van der Waals surface area (Å²) in [4.78, 5) is 38.2. The van der Waals surface area contributed by atoms with Crippen molar-refractivity contribution in [2.75, 3.05) is 6.54 Å². The van der Waals surface area contributed by atoms with Crippen molar-refractivity contribution in [1.82, 2.24) is 10.3 Å². The molecule has 2 N–H and O–H groups in total. The van der Waals surface area contributed by atoms with Crippen LogP contribution in [0.1, 0.15) is 23.7 Å². The number of carbonyl (C=O) groups is 3. The van der Waals surface area contributed by atoms with Gasteiger partial charge in [0.1, 0.15) is 0 Å². The predicted octanol–water partition coefficient (Wildman–Crippen LogP) is 2.24. The molecule has 7 heteroatoms. The summed E-state index contributed by atoms with van der Waals surface area (Å²) in [6, 6.07) is 6.71. The van der Waals surface area contributed by atoms with Gasteiger partial charge >= 0.3 is 0 Å². The van der Waals surface area contributed by atoms with Crippen LogP contribution in [-0.2, 0) is 9.59 Å². The van der Waals surface area contributed by atoms with E-state index in [2.05, 4.69) is 10.3 Å². The zero-order valence-electron chi connectivity index (χ0n) is 12.4. The number of H-pyrrole nitrogens is 1. The maximum Gasteiger partial charge on any atom is 0.216 e. The van der Waals surface area contributed by atoms with Crippen LogP contribution >= 0.6 is 11.6 Å². The summed E-state index contributed by atoms with van der Waals surface area (Å²) in [5.41, 5.74) is 0.930. The Hall–Kier alpha value is -2.65. The summed E-state index contributed by atoms with van der Waals surface area (Å²) >= 11 is 5.88. The van der Waals surface area contributed by atoms with Gasteiger partial charge in [-0.05, 0) is 12.1 Å². The Morgan fingerprint density at radius 1 is 1.39 bits per heavy atom. The van der Waals surface area contributed by atoms with Crippen LogP contribution in [0, 0.1) is 17.2 Å². The van der Waals surface area contributed by atoms with E-state index < -0.39 is 17.5 Å². The van der Waals surface area contributed by atoms with Gasteiger partial charge in [0.2, 0.25) is 5.91 Å². The Morgan fingerprint density at radius 2 is 2.13 bits per heavy atom. The van der Waals surface area contributed by atoms with E-state index in [1.165, 1.54) is 13.1 Å². The van der Waals surface area contributed by atoms with Gasteiger partial charge in [-0.3, -0.25) is 14.4 Å². The molecule has 23 heavy (non-hydrogen) atoms. The van der Waals surface area contributed by atoms with E-state index in [0.29, 0.717) is 15.9 Å². The number of hydrogen-bond acceptors (Lipinski definition) is 4. The second kappa shape index (κ2) is 7.07. The zero-order chi connectivity index (χ0) is 17.0. The smallest absolute Gasteiger partial charge is 0.216 e. The number of rotatable bonds is 6. The lowest BCUT2D eigenvalue weighted by molar-refractivity contribution is -0.120. The van der Waals surface area contributed by atoms with Crippen LogP contribution in [0.5, 0.6) is 0 Å². The first-order chi connectivity index (χ1) is 10.9. The SMILES string of the molecule is CC(=O)NCCC(=O)[C@@H](C#N)C(=O)c1c[nH]c2cc(Cl)ccc12. The number of fused-ring (bicyclic) bond motifs is 1. The van der Waals surface area contributed by atoms with Crippen molar-refractivity contribution < 1.29 is 14.4 Å². The molecule has 0 bridgehead atoms. The van der Waals surface area contributed by atoms with Crippen LogP contribution in [0.25, 0.3) is 10.9 Å². The molecule has 1 aromatic carbocycles. The van der Waals surface area contributed by atoms with E-state index in [4.69, 9.17) is 11.6 Å². The fraction of sp³-hybridized carbons (Fsp3) is 0.250. The third-order valence-corrected chi connectivity index (χ3v) is 3.60. The molecule has 6 nitrogen and oxygen atoms in total. The van der Waals surface area contributed by atoms with Crippen molar-refractivity contribution in [3.8, 4) is 6.07 Å². The van der Waals surface area contributed by atoms with Crippen molar-refractivity contribution in [1.29, 1.82) is 5.26 Å². The average Bonchev–Trinajstić information content (AvgIpc) is 2.90. The summed E-state index contributed by atoms with van der Waals surface area (Å²) in [5, 5.41) is 12.8. The van der Waals surface area contributed by atoms with Gasteiger partial charge in [0, 0.05) is 47.6 Å². The van der Waals surface area contributed by atoms with Crippen molar-refractivity contribution in [3.63, 3.8) is 0 Å². The van der Waals surface area contributed by atoms with E-state index in [-0.39, 0.29) is 24.4 Å². The highest BCUT2D eigenvalue weighted by Gasteiger charge is 2.28. The summed E-state index contributed by atoms with van der Waals surface area (Å²) < 4.78 is 0. The maximum absolute atomic E-state index is 12.5. The number of benzene rings is 1. The van der Waals surface area contributed by atoms with E-state index in [0.717, 1.165) is 0 Å². The second-order valence-corrected chi connectivity index (χ2v) is 5.45. The molecule has 0 spiro atoms. The minimum atomic E-state index is -1.39. The number of aromatic amines is 1. The number of halogens is 1. The number of Topliss-reactive ketones (excluding diaryl/α,β-unsaturated/α-hetero) is 2. The van der Waals surface area contributed by atoms with Gasteiger partial charge in [0.25, 0.3) is 0 Å². The molecule has 0 aliphatic carbocycles. The molecule has 118 valence electrons. The Balaban J connectivity index is 2.20. The number of nitriles is 1. The van der Waals surface area contributed by atoms with E-state index >= 15 is 0 Å². The number of nitrogens with zero attached hydrogens (tertiary/aromatic N) is 1. The average molecular weight is 332 g/mol. The highest BCUT2D eigenvalue weighted by Crippen LogP contribution is 2.24. The molecule has 0 aliphatic heterocycles. The Kier molecular flexibility index (Phi) is 5.14. The number of nitrogens with one attached hydrogen (secondary N) is 2. The fourth-order valence-corrected chi connectivity index (χ4v) is 2.41. The molecule has 1 heterocycles. The number of aromatic nitrogens is 1. The highest BCUT2D eigenvalue weighted by molar-refractivity contribution is 6.31. The van der Waals surface area contributed by atoms with E-state index in [9.17, 15) is 19.6 Å². The van der Waals surface area contributed by atoms with Crippen molar-refractivity contribution in [2.24, 2.45) is 5.92 Å². The van der Waals surface area contributed by atoms with Gasteiger partial charge in [0.05, 0.1) is 6.07 Å². The number of carbonyl (C=O) groups excluding carboxylic acids is 3. The van der Waals surface area contributed by atoms with Gasteiger partial charge in [0.15, 0.2) is 17.5 Å². The molecule has 2 aromatic rings. The third kappa shape index (κ3) is 3.76. The maximum atomic E-state index is 12.5. The molecule has 0 saturated carbocycles. The molecule has 0 radical (unpaired) electrons. The number of hydrogen-bond donors (Lipinski definition) is 2. The Labute approximate surface area is 137 Å². The lowest BCUT2D eigenvalue weighted by Crippen LogP contribution is -2.28. The van der Waals surface area contributed by atoms with Gasteiger partial charge in [-0.1, -0.05) is 17.7 Å². The molecule has 1 atom stereocenters. The third-order valence-electron chi connectivity index (χ3n) is 3.37. The Bertz CT molecular complexity index is 820. The molecule has 0 saturated heterocycles. The molecule has 0 aliphatic rings. The van der Waals surface area contributed by atoms with Gasteiger partial charge in [-0.2, -0.15) is 5.26 Å². The molecule has 1 aromatic heterocycles. The summed E-state index contributed by atoms with van der Waals surface area (Å²) in [6.07, 6.45) is 1.40. The van der Waals surface area contributed by atoms with Crippen LogP contribution in [0.4, 0.5) is 0 Å². The lowest BCUT2D eigenvalue weighted by Gasteiger charge is -2.07. The number of amides is 1. The molecular formula is C16H14ClN3O3. The summed E-state index contributed by atoms with van der Waals surface area (Å²) in [7, 11) is 0. The van der Waals surface area contributed by atoms with Gasteiger partial charge in [-0.25, -0.2) is 0 Å². The van der Waals surface area contributed by atoms with Crippen molar-refractivity contribution in [3.05, 3.63) is 35.0 Å². The van der Waals surface area contributed by atoms with Crippen LogP contribution in [0.2, 0.25) is 5.02 Å². The Morgan fingerprint density at radius 3 is 2.78 bits per heavy atom. The fourth-order valence-electron chi connectivity index (χ4n) is 2.24. The van der Waals surface area contributed by atoms with Gasteiger partial charge < -0.3 is 10.3 Å². The summed E-state index contributed by atoms with van der Waals surface area (Å²) in [5.74, 6) is -2.74. The first kappa shape index (κ1) is 16.7. The monoisotopic (exact) mass is 331 g/mol. The largest absolute Gasteiger partial charge is 0.360 e. The second-order valence-electron chi connectivity index (χ2n) is 5.02. The lowest BCUT2D eigenvalue weighted by atomic mass is 9.93. The molecule has 0 fully saturated rings. The first-order valence-corrected chi connectivity index (χ1v) is 7.29. The van der Waals surface area contributed by atoms with Crippen LogP contribution in [-0.4, -0.2) is 29.0 Å². The van der Waals surface area contributed by atoms with Crippen LogP contribution in [0.3, 0.4) is 0 Å². The first-order valence-electron chi connectivity index (χ1n) is 6.91. The van der Waals surface area contributed by atoms with Crippen molar-refractivity contribution >= 4 is 40.0 Å². The minimum absolute atomic E-state index is 0.0717. The molecular weight excluding hydrogens is 318 g/mol. The van der Waals surface area contributed by atoms with Crippen molar-refractivity contribution in [2.45, 2.75) is 13.3 Å². The standard InChI is InChI=1S/C16H14ClN3O3/c1-9(21)19-5-4-15(22)12(7-18)16(23)13-8-20-14-6-10(17)2-3-11(13)14/h2-3,6,8,12,20H,4-5H2,1H3,(H,19,21)/t12-/m1/s1. The molecule has 0 unspecified atom stereocenters. The van der Waals surface area contributed by atoms with E-state index in [1.54, 1.807) is 24.3 Å². The normalized spacial score (nSPS) is 11.7. The molecule has 2 rings (SSSR count). The number of ketones is 2.